The van der Waals surface area contributed by atoms with Crippen molar-refractivity contribution in [3.63, 3.8) is 0 Å². The standard InChI is InChI=1S/C18H21NO2S/c1-21-16-9-6-5-7-13(16)11-19-18(20)15-12-22-17-10-4-2-3-8-14(15)17/h5-7,9,12H,2-4,8,10-11H2,1H3,(H,19,20). The molecule has 116 valence electrons. The molecule has 0 saturated carbocycles. The molecule has 3 rings (SSSR count). The van der Waals surface area contributed by atoms with Crippen LogP contribution in [0.15, 0.2) is 29.6 Å². The molecule has 0 radical (unpaired) electrons. The number of nitrogens with one attached hydrogen (secondary N) is 1. The Bertz CT molecular complexity index is 663. The number of benzene rings is 1. The Morgan fingerprint density at radius 2 is 2.05 bits per heavy atom. The molecule has 0 atom stereocenters. The van der Waals surface area contributed by atoms with Gasteiger partial charge in [0.15, 0.2) is 0 Å². The van der Waals surface area contributed by atoms with Gasteiger partial charge in [-0.3, -0.25) is 4.79 Å². The van der Waals surface area contributed by atoms with Gasteiger partial charge in [-0.15, -0.1) is 11.3 Å². The maximum absolute atomic E-state index is 12.5. The van der Waals surface area contributed by atoms with E-state index < -0.39 is 0 Å². The number of hydrogen-bond acceptors (Lipinski definition) is 3. The summed E-state index contributed by atoms with van der Waals surface area (Å²) >= 11 is 1.74. The summed E-state index contributed by atoms with van der Waals surface area (Å²) in [7, 11) is 1.65. The average Bonchev–Trinajstić information content (AvgIpc) is 2.81. The number of amides is 1. The summed E-state index contributed by atoms with van der Waals surface area (Å²) in [4.78, 5) is 13.9. The Kier molecular flexibility index (Phi) is 4.78. The molecule has 3 nitrogen and oxygen atoms in total. The Balaban J connectivity index is 1.71. The Morgan fingerprint density at radius 1 is 1.23 bits per heavy atom. The van der Waals surface area contributed by atoms with Gasteiger partial charge in [0.1, 0.15) is 5.75 Å². The lowest BCUT2D eigenvalue weighted by Crippen LogP contribution is -2.23. The van der Waals surface area contributed by atoms with E-state index in [2.05, 4.69) is 5.32 Å². The largest absolute Gasteiger partial charge is 0.496 e. The number of fused-ring (bicyclic) bond motifs is 1. The van der Waals surface area contributed by atoms with E-state index in [1.165, 1.54) is 29.7 Å². The highest BCUT2D eigenvalue weighted by atomic mass is 32.1. The zero-order valence-corrected chi connectivity index (χ0v) is 13.7. The summed E-state index contributed by atoms with van der Waals surface area (Å²) in [5, 5.41) is 5.06. The molecule has 0 bridgehead atoms. The molecule has 0 saturated heterocycles. The number of thiophene rings is 1. The van der Waals surface area contributed by atoms with Crippen LogP contribution in [0.2, 0.25) is 0 Å². The zero-order valence-electron chi connectivity index (χ0n) is 12.9. The molecule has 1 N–H and O–H groups in total. The van der Waals surface area contributed by atoms with Crippen molar-refractivity contribution < 1.29 is 9.53 Å². The first-order valence-corrected chi connectivity index (χ1v) is 8.67. The maximum atomic E-state index is 12.5. The van der Waals surface area contributed by atoms with Gasteiger partial charge in [0.2, 0.25) is 0 Å². The summed E-state index contributed by atoms with van der Waals surface area (Å²) in [5.74, 6) is 0.845. The van der Waals surface area contributed by atoms with Crippen LogP contribution in [-0.2, 0) is 19.4 Å². The molecule has 1 aromatic carbocycles. The molecule has 1 aliphatic rings. The van der Waals surface area contributed by atoms with Gasteiger partial charge < -0.3 is 10.1 Å². The molecule has 1 aromatic heterocycles. The molecule has 0 spiro atoms. The Morgan fingerprint density at radius 3 is 2.91 bits per heavy atom. The van der Waals surface area contributed by atoms with Crippen LogP contribution in [0, 0.1) is 0 Å². The van der Waals surface area contributed by atoms with Crippen molar-refractivity contribution in [3.8, 4) is 5.75 Å². The molecule has 1 amide bonds. The molecular formula is C18H21NO2S. The number of rotatable bonds is 4. The number of ether oxygens (including phenoxy) is 1. The van der Waals surface area contributed by atoms with Crippen LogP contribution in [0.4, 0.5) is 0 Å². The van der Waals surface area contributed by atoms with Crippen molar-refractivity contribution >= 4 is 17.2 Å². The lowest BCUT2D eigenvalue weighted by Gasteiger charge is -2.10. The van der Waals surface area contributed by atoms with Gasteiger partial charge >= 0.3 is 0 Å². The first-order chi connectivity index (χ1) is 10.8. The highest BCUT2D eigenvalue weighted by Crippen LogP contribution is 2.29. The van der Waals surface area contributed by atoms with Gasteiger partial charge in [0.25, 0.3) is 5.91 Å². The second kappa shape index (κ2) is 6.97. The quantitative estimate of drug-likeness (QED) is 0.867. The summed E-state index contributed by atoms with van der Waals surface area (Å²) in [6.07, 6.45) is 5.87. The van der Waals surface area contributed by atoms with Gasteiger partial charge in [-0.1, -0.05) is 24.6 Å². The molecular weight excluding hydrogens is 294 g/mol. The summed E-state index contributed by atoms with van der Waals surface area (Å²) in [6.45, 7) is 0.494. The molecule has 0 fully saturated rings. The molecule has 1 aliphatic carbocycles. The second-order valence-corrected chi connectivity index (χ2v) is 6.57. The van der Waals surface area contributed by atoms with E-state index in [9.17, 15) is 4.79 Å². The van der Waals surface area contributed by atoms with Gasteiger partial charge in [-0.05, 0) is 37.3 Å². The predicted molar refractivity (Wildman–Crippen MR) is 89.7 cm³/mol. The van der Waals surface area contributed by atoms with Crippen LogP contribution in [0.3, 0.4) is 0 Å². The van der Waals surface area contributed by atoms with Crippen LogP contribution in [0.1, 0.15) is 45.6 Å². The van der Waals surface area contributed by atoms with Crippen LogP contribution >= 0.6 is 11.3 Å². The highest BCUT2D eigenvalue weighted by Gasteiger charge is 2.19. The number of carbonyl (C=O) groups excluding carboxylic acids is 1. The third-order valence-corrected chi connectivity index (χ3v) is 5.28. The first-order valence-electron chi connectivity index (χ1n) is 7.79. The molecule has 0 unspecified atom stereocenters. The van der Waals surface area contributed by atoms with E-state index in [1.54, 1.807) is 18.4 Å². The second-order valence-electron chi connectivity index (χ2n) is 5.61. The first kappa shape index (κ1) is 15.1. The van der Waals surface area contributed by atoms with Gasteiger partial charge in [-0.25, -0.2) is 0 Å². The van der Waals surface area contributed by atoms with E-state index in [0.717, 1.165) is 29.7 Å². The van der Waals surface area contributed by atoms with E-state index in [0.29, 0.717) is 6.54 Å². The van der Waals surface area contributed by atoms with Crippen molar-refractivity contribution in [2.45, 2.75) is 38.6 Å². The molecule has 0 aliphatic heterocycles. The maximum Gasteiger partial charge on any atom is 0.252 e. The minimum atomic E-state index is 0.0327. The highest BCUT2D eigenvalue weighted by molar-refractivity contribution is 7.10. The van der Waals surface area contributed by atoms with Gasteiger partial charge in [0, 0.05) is 22.4 Å². The summed E-state index contributed by atoms with van der Waals surface area (Å²) in [5.41, 5.74) is 3.15. The van der Waals surface area contributed by atoms with E-state index in [-0.39, 0.29) is 5.91 Å². The van der Waals surface area contributed by atoms with Gasteiger partial charge in [-0.2, -0.15) is 0 Å². The number of aryl methyl sites for hydroxylation is 1. The third kappa shape index (κ3) is 3.17. The van der Waals surface area contributed by atoms with Crippen molar-refractivity contribution in [1.82, 2.24) is 5.32 Å². The molecule has 4 heteroatoms. The Hall–Kier alpha value is -1.81. The van der Waals surface area contributed by atoms with Crippen LogP contribution in [0.5, 0.6) is 5.75 Å². The fourth-order valence-electron chi connectivity index (χ4n) is 2.98. The van der Waals surface area contributed by atoms with E-state index in [4.69, 9.17) is 4.74 Å². The third-order valence-electron chi connectivity index (χ3n) is 4.19. The number of para-hydroxylation sites is 1. The monoisotopic (exact) mass is 315 g/mol. The van der Waals surface area contributed by atoms with Crippen molar-refractivity contribution in [2.24, 2.45) is 0 Å². The van der Waals surface area contributed by atoms with Crippen molar-refractivity contribution in [3.05, 3.63) is 51.2 Å². The van der Waals surface area contributed by atoms with Crippen LogP contribution in [0.25, 0.3) is 0 Å². The van der Waals surface area contributed by atoms with Crippen LogP contribution < -0.4 is 10.1 Å². The van der Waals surface area contributed by atoms with Crippen LogP contribution in [-0.4, -0.2) is 13.0 Å². The Labute approximate surface area is 135 Å². The fraction of sp³-hybridized carbons (Fsp3) is 0.389. The molecule has 22 heavy (non-hydrogen) atoms. The fourth-order valence-corrected chi connectivity index (χ4v) is 4.11. The normalized spacial score (nSPS) is 14.0. The van der Waals surface area contributed by atoms with E-state index in [1.807, 2.05) is 29.6 Å². The molecule has 2 aromatic rings. The van der Waals surface area contributed by atoms with Crippen molar-refractivity contribution in [2.75, 3.05) is 7.11 Å². The average molecular weight is 315 g/mol. The number of hydrogen-bond donors (Lipinski definition) is 1. The summed E-state index contributed by atoms with van der Waals surface area (Å²) in [6, 6.07) is 7.79. The number of methoxy groups -OCH3 is 1. The predicted octanol–water partition coefficient (Wildman–Crippen LogP) is 3.96. The lowest BCUT2D eigenvalue weighted by atomic mass is 10.1. The molecule has 1 heterocycles. The van der Waals surface area contributed by atoms with Gasteiger partial charge in [0.05, 0.1) is 12.7 Å². The minimum Gasteiger partial charge on any atom is -0.496 e. The van der Waals surface area contributed by atoms with E-state index >= 15 is 0 Å². The lowest BCUT2D eigenvalue weighted by molar-refractivity contribution is 0.0950. The topological polar surface area (TPSA) is 38.3 Å². The van der Waals surface area contributed by atoms with Crippen molar-refractivity contribution in [1.29, 1.82) is 0 Å². The smallest absolute Gasteiger partial charge is 0.252 e. The summed E-state index contributed by atoms with van der Waals surface area (Å²) < 4.78 is 5.33. The number of carbonyl (C=O) groups is 1. The zero-order chi connectivity index (χ0) is 15.4. The SMILES string of the molecule is COc1ccccc1CNC(=O)c1csc2c1CCCCC2. The minimum absolute atomic E-state index is 0.0327.